The molecule has 0 aromatic heterocycles. The van der Waals surface area contributed by atoms with E-state index in [1.54, 1.807) is 0 Å². The molecule has 0 saturated carbocycles. The summed E-state index contributed by atoms with van der Waals surface area (Å²) < 4.78 is 13.0. The van der Waals surface area contributed by atoms with E-state index < -0.39 is 0 Å². The highest BCUT2D eigenvalue weighted by atomic mass is 19.1. The van der Waals surface area contributed by atoms with Gasteiger partial charge in [0.25, 0.3) is 5.91 Å². The van der Waals surface area contributed by atoms with Crippen molar-refractivity contribution in [2.24, 2.45) is 0 Å². The van der Waals surface area contributed by atoms with Gasteiger partial charge in [-0.05, 0) is 62.4 Å². The van der Waals surface area contributed by atoms with E-state index in [9.17, 15) is 14.0 Å². The van der Waals surface area contributed by atoms with Crippen molar-refractivity contribution in [3.05, 3.63) is 59.9 Å². The number of amides is 2. The monoisotopic (exact) mass is 412 g/mol. The van der Waals surface area contributed by atoms with Gasteiger partial charge in [0.1, 0.15) is 5.82 Å². The average molecular weight is 413 g/mol. The Kier molecular flexibility index (Phi) is 7.41. The van der Waals surface area contributed by atoms with Gasteiger partial charge in [0.2, 0.25) is 5.91 Å². The molecule has 30 heavy (non-hydrogen) atoms. The van der Waals surface area contributed by atoms with Crippen LogP contribution in [0.5, 0.6) is 0 Å². The first kappa shape index (κ1) is 21.8. The highest BCUT2D eigenvalue weighted by Gasteiger charge is 2.23. The van der Waals surface area contributed by atoms with Gasteiger partial charge in [-0.15, -0.1) is 0 Å². The zero-order valence-electron chi connectivity index (χ0n) is 17.6. The number of hydrogen-bond acceptors (Lipinski definition) is 4. The van der Waals surface area contributed by atoms with Gasteiger partial charge in [-0.2, -0.15) is 0 Å². The molecule has 2 aromatic carbocycles. The molecule has 1 fully saturated rings. The summed E-state index contributed by atoms with van der Waals surface area (Å²) in [4.78, 5) is 31.1. The second-order valence-electron chi connectivity index (χ2n) is 7.34. The van der Waals surface area contributed by atoms with Crippen LogP contribution >= 0.6 is 0 Å². The van der Waals surface area contributed by atoms with Gasteiger partial charge in [0.15, 0.2) is 0 Å². The van der Waals surface area contributed by atoms with Crippen LogP contribution in [-0.4, -0.2) is 67.4 Å². The lowest BCUT2D eigenvalue weighted by atomic mass is 10.1. The topological polar surface area (TPSA) is 55.9 Å². The fourth-order valence-corrected chi connectivity index (χ4v) is 3.63. The average Bonchev–Trinajstić information content (AvgIpc) is 2.77. The molecule has 0 spiro atoms. The van der Waals surface area contributed by atoms with Gasteiger partial charge >= 0.3 is 0 Å². The minimum absolute atomic E-state index is 0.0245. The van der Waals surface area contributed by atoms with Crippen LogP contribution in [-0.2, 0) is 4.79 Å². The molecule has 1 aliphatic heterocycles. The first-order valence-corrected chi connectivity index (χ1v) is 10.4. The van der Waals surface area contributed by atoms with E-state index in [0.29, 0.717) is 37.4 Å². The number of carbonyl (C=O) groups excluding carboxylic acids is 2. The lowest BCUT2D eigenvalue weighted by Gasteiger charge is -2.34. The van der Waals surface area contributed by atoms with Crippen molar-refractivity contribution >= 4 is 23.2 Å². The number of piperazine rings is 1. The minimum Gasteiger partial charge on any atom is -0.372 e. The Labute approximate surface area is 177 Å². The predicted molar refractivity (Wildman–Crippen MR) is 117 cm³/mol. The molecule has 1 N–H and O–H groups in total. The summed E-state index contributed by atoms with van der Waals surface area (Å²) in [5.74, 6) is -0.457. The maximum atomic E-state index is 13.0. The molecule has 0 aliphatic carbocycles. The largest absolute Gasteiger partial charge is 0.372 e. The molecular weight excluding hydrogens is 383 g/mol. The number of hydrogen-bond donors (Lipinski definition) is 1. The maximum absolute atomic E-state index is 13.0. The second kappa shape index (κ2) is 10.2. The number of halogens is 1. The van der Waals surface area contributed by atoms with E-state index in [1.807, 2.05) is 34.1 Å². The van der Waals surface area contributed by atoms with E-state index in [1.165, 1.54) is 24.3 Å². The molecule has 1 saturated heterocycles. The first-order chi connectivity index (χ1) is 14.5. The van der Waals surface area contributed by atoms with Gasteiger partial charge in [0.05, 0.1) is 6.54 Å². The summed E-state index contributed by atoms with van der Waals surface area (Å²) in [7, 11) is 0. The Morgan fingerprint density at radius 2 is 1.53 bits per heavy atom. The summed E-state index contributed by atoms with van der Waals surface area (Å²) in [5.41, 5.74) is 2.38. The smallest absolute Gasteiger partial charge is 0.253 e. The van der Waals surface area contributed by atoms with Crippen LogP contribution in [0, 0.1) is 5.82 Å². The molecule has 6 nitrogen and oxygen atoms in total. The molecule has 2 aromatic rings. The van der Waals surface area contributed by atoms with E-state index in [0.717, 1.165) is 18.8 Å². The summed E-state index contributed by atoms with van der Waals surface area (Å²) >= 11 is 0. The number of carbonyl (C=O) groups is 2. The Bertz CT molecular complexity index is 843. The third-order valence-electron chi connectivity index (χ3n) is 5.40. The van der Waals surface area contributed by atoms with Crippen molar-refractivity contribution < 1.29 is 14.0 Å². The fraction of sp³-hybridized carbons (Fsp3) is 0.391. The van der Waals surface area contributed by atoms with Crippen LogP contribution < -0.4 is 10.2 Å². The highest BCUT2D eigenvalue weighted by molar-refractivity contribution is 5.95. The van der Waals surface area contributed by atoms with Crippen LogP contribution in [0.15, 0.2) is 48.5 Å². The maximum Gasteiger partial charge on any atom is 0.253 e. The molecular formula is C23H29FN4O2. The number of anilines is 2. The Morgan fingerprint density at radius 1 is 0.933 bits per heavy atom. The second-order valence-corrected chi connectivity index (χ2v) is 7.34. The number of benzene rings is 2. The SMILES string of the molecule is CCN(CC)c1ccc(C(=O)N2CCN(CC(=O)Nc3ccc(F)cc3)CC2)cc1. The summed E-state index contributed by atoms with van der Waals surface area (Å²) in [6.07, 6.45) is 0. The minimum atomic E-state index is -0.337. The van der Waals surface area contributed by atoms with Crippen LogP contribution in [0.2, 0.25) is 0 Å². The molecule has 3 rings (SSSR count). The number of rotatable bonds is 7. The first-order valence-electron chi connectivity index (χ1n) is 10.4. The Balaban J connectivity index is 1.48. The summed E-state index contributed by atoms with van der Waals surface area (Å²) in [5, 5.41) is 2.77. The molecule has 160 valence electrons. The molecule has 1 heterocycles. The molecule has 1 aliphatic rings. The molecule has 0 atom stereocenters. The zero-order chi connectivity index (χ0) is 21.5. The predicted octanol–water partition coefficient (Wildman–Crippen LogP) is 3.07. The van der Waals surface area contributed by atoms with Gasteiger partial charge in [-0.1, -0.05) is 0 Å². The van der Waals surface area contributed by atoms with Crippen molar-refractivity contribution in [2.75, 3.05) is 56.0 Å². The van der Waals surface area contributed by atoms with Gasteiger partial charge in [0, 0.05) is 56.2 Å². The number of nitrogens with zero attached hydrogens (tertiary/aromatic N) is 3. The third kappa shape index (κ3) is 5.57. The van der Waals surface area contributed by atoms with E-state index >= 15 is 0 Å². The molecule has 0 unspecified atom stereocenters. The molecule has 0 radical (unpaired) electrons. The van der Waals surface area contributed by atoms with Gasteiger partial charge < -0.3 is 15.1 Å². The Morgan fingerprint density at radius 3 is 2.10 bits per heavy atom. The molecule has 2 amide bonds. The summed E-state index contributed by atoms with van der Waals surface area (Å²) in [6, 6.07) is 13.5. The number of nitrogens with one attached hydrogen (secondary N) is 1. The third-order valence-corrected chi connectivity index (χ3v) is 5.40. The quantitative estimate of drug-likeness (QED) is 0.760. The highest BCUT2D eigenvalue weighted by Crippen LogP contribution is 2.17. The van der Waals surface area contributed by atoms with Crippen LogP contribution in [0.25, 0.3) is 0 Å². The van der Waals surface area contributed by atoms with Crippen LogP contribution in [0.4, 0.5) is 15.8 Å². The summed E-state index contributed by atoms with van der Waals surface area (Å²) in [6.45, 7) is 8.78. The van der Waals surface area contributed by atoms with Crippen LogP contribution in [0.3, 0.4) is 0 Å². The fourth-order valence-electron chi connectivity index (χ4n) is 3.63. The lowest BCUT2D eigenvalue weighted by molar-refractivity contribution is -0.117. The van der Waals surface area contributed by atoms with Gasteiger partial charge in [-0.3, -0.25) is 14.5 Å². The van der Waals surface area contributed by atoms with E-state index in [4.69, 9.17) is 0 Å². The molecule has 0 bridgehead atoms. The van der Waals surface area contributed by atoms with E-state index in [-0.39, 0.29) is 24.2 Å². The van der Waals surface area contributed by atoms with Crippen molar-refractivity contribution in [3.63, 3.8) is 0 Å². The van der Waals surface area contributed by atoms with Gasteiger partial charge in [-0.25, -0.2) is 4.39 Å². The van der Waals surface area contributed by atoms with Crippen LogP contribution in [0.1, 0.15) is 24.2 Å². The van der Waals surface area contributed by atoms with Crippen molar-refractivity contribution in [3.8, 4) is 0 Å². The zero-order valence-corrected chi connectivity index (χ0v) is 17.6. The lowest BCUT2D eigenvalue weighted by Crippen LogP contribution is -2.50. The van der Waals surface area contributed by atoms with E-state index in [2.05, 4.69) is 24.1 Å². The van der Waals surface area contributed by atoms with Crippen molar-refractivity contribution in [1.82, 2.24) is 9.80 Å². The standard InChI is InChI=1S/C23H29FN4O2/c1-3-27(4-2)21-11-5-18(6-12-21)23(30)28-15-13-26(14-16-28)17-22(29)25-20-9-7-19(24)8-10-20/h5-12H,3-4,13-17H2,1-2H3,(H,25,29). The molecule has 7 heteroatoms. The van der Waals surface area contributed by atoms with Crippen molar-refractivity contribution in [2.45, 2.75) is 13.8 Å². The Hall–Kier alpha value is -2.93. The van der Waals surface area contributed by atoms with Crippen molar-refractivity contribution in [1.29, 1.82) is 0 Å². The normalized spacial score (nSPS) is 14.4.